The van der Waals surface area contributed by atoms with Gasteiger partial charge in [-0.25, -0.2) is 22.7 Å². The van der Waals surface area contributed by atoms with Crippen molar-refractivity contribution in [2.45, 2.75) is 50.6 Å². The van der Waals surface area contributed by atoms with Gasteiger partial charge in [0.2, 0.25) is 17.2 Å². The summed E-state index contributed by atoms with van der Waals surface area (Å²) < 4.78 is 55.0. The fourth-order valence-corrected chi connectivity index (χ4v) is 5.79. The molecule has 13 heteroatoms. The Morgan fingerprint density at radius 3 is 2.61 bits per heavy atom. The lowest BCUT2D eigenvalue weighted by atomic mass is 9.84. The van der Waals surface area contributed by atoms with Gasteiger partial charge >= 0.3 is 0 Å². The van der Waals surface area contributed by atoms with Gasteiger partial charge in [0, 0.05) is 25.7 Å². The molecule has 0 amide bonds. The number of benzene rings is 1. The van der Waals surface area contributed by atoms with Crippen molar-refractivity contribution >= 4 is 40.3 Å². The molecule has 2 aromatic rings. The van der Waals surface area contributed by atoms with Gasteiger partial charge < -0.3 is 15.4 Å². The number of fused-ring (bicyclic) bond motifs is 1. The van der Waals surface area contributed by atoms with E-state index in [-0.39, 0.29) is 12.0 Å². The van der Waals surface area contributed by atoms with Crippen molar-refractivity contribution in [2.24, 2.45) is 5.92 Å². The van der Waals surface area contributed by atoms with Crippen LogP contribution in [0.3, 0.4) is 0 Å². The summed E-state index contributed by atoms with van der Waals surface area (Å²) in [6.07, 6.45) is 6.80. The molecule has 1 aliphatic heterocycles. The Morgan fingerprint density at radius 2 is 1.92 bits per heavy atom. The fraction of sp³-hybridized carbons (Fsp3) is 0.600. The van der Waals surface area contributed by atoms with Crippen LogP contribution in [-0.4, -0.2) is 75.8 Å². The zero-order chi connectivity index (χ0) is 27.1. The predicted octanol–water partition coefficient (Wildman–Crippen LogP) is 4.29. The first-order valence-corrected chi connectivity index (χ1v) is 14.4. The SMILES string of the molecule is COc1cc2c(cc1Nc1ncc(Cl)c(N[C@@H]3CCCC[C@@H]3CNS(=O)O)n1)CCN(C(CF)CF)CC2. The molecule has 2 aliphatic rings. The minimum absolute atomic E-state index is 0.0440. The van der Waals surface area contributed by atoms with Crippen molar-refractivity contribution in [1.82, 2.24) is 19.6 Å². The molecule has 1 fully saturated rings. The Bertz CT molecular complexity index is 1110. The van der Waals surface area contributed by atoms with Crippen LogP contribution in [-0.2, 0) is 24.1 Å². The summed E-state index contributed by atoms with van der Waals surface area (Å²) in [5.41, 5.74) is 2.86. The standard InChI is InChI=1S/C25H35ClF2N6O3S/c1-37-23-11-17-7-9-34(19(12-27)13-28)8-6-16(17)10-22(23)32-25-29-15-20(26)24(33-25)31-21-5-3-2-4-18(21)14-30-38(35)36/h10-11,15,18-19,21,30H,2-9,12-14H2,1H3,(H,35,36)(H2,29,31,32,33)/t18-,21-/m1/s1. The Hall–Kier alpha value is -2.12. The average molecular weight is 573 g/mol. The van der Waals surface area contributed by atoms with Crippen LogP contribution in [0.25, 0.3) is 0 Å². The Balaban J connectivity index is 1.51. The second-order valence-electron chi connectivity index (χ2n) is 9.73. The lowest BCUT2D eigenvalue weighted by Crippen LogP contribution is -2.40. The van der Waals surface area contributed by atoms with Gasteiger partial charge in [0.25, 0.3) is 0 Å². The van der Waals surface area contributed by atoms with E-state index in [0.29, 0.717) is 60.7 Å². The van der Waals surface area contributed by atoms with Gasteiger partial charge in [-0.2, -0.15) is 4.98 Å². The maximum atomic E-state index is 13.3. The van der Waals surface area contributed by atoms with Gasteiger partial charge in [0.05, 0.1) is 25.0 Å². The molecule has 1 unspecified atom stereocenters. The molecule has 2 heterocycles. The molecule has 38 heavy (non-hydrogen) atoms. The smallest absolute Gasteiger partial charge is 0.231 e. The van der Waals surface area contributed by atoms with Crippen molar-refractivity contribution in [2.75, 3.05) is 50.7 Å². The topological polar surface area (TPSA) is 112 Å². The number of hydrogen-bond donors (Lipinski definition) is 4. The molecule has 1 aromatic carbocycles. The Morgan fingerprint density at radius 1 is 1.21 bits per heavy atom. The molecule has 3 atom stereocenters. The lowest BCUT2D eigenvalue weighted by molar-refractivity contribution is 0.144. The van der Waals surface area contributed by atoms with E-state index < -0.39 is 30.7 Å². The minimum atomic E-state index is -2.06. The highest BCUT2D eigenvalue weighted by Gasteiger charge is 2.27. The molecule has 1 aromatic heterocycles. The number of rotatable bonds is 11. The Labute approximate surface area is 229 Å². The third-order valence-electron chi connectivity index (χ3n) is 7.42. The van der Waals surface area contributed by atoms with Crippen LogP contribution >= 0.6 is 11.6 Å². The van der Waals surface area contributed by atoms with Gasteiger partial charge in [0.1, 0.15) is 24.1 Å². The van der Waals surface area contributed by atoms with E-state index in [1.165, 1.54) is 6.20 Å². The summed E-state index contributed by atoms with van der Waals surface area (Å²) in [5, 5.41) is 7.04. The summed E-state index contributed by atoms with van der Waals surface area (Å²) in [5.74, 6) is 1.59. The summed E-state index contributed by atoms with van der Waals surface area (Å²) in [4.78, 5) is 10.8. The fourth-order valence-electron chi connectivity index (χ4n) is 5.29. The summed E-state index contributed by atoms with van der Waals surface area (Å²) in [7, 11) is 1.59. The highest BCUT2D eigenvalue weighted by molar-refractivity contribution is 7.77. The number of ether oxygens (including phenoxy) is 1. The molecule has 9 nitrogen and oxygen atoms in total. The second kappa shape index (κ2) is 13.8. The van der Waals surface area contributed by atoms with Crippen LogP contribution in [0.5, 0.6) is 5.75 Å². The molecule has 210 valence electrons. The average Bonchev–Trinajstić information content (AvgIpc) is 3.12. The summed E-state index contributed by atoms with van der Waals surface area (Å²) in [6.45, 7) is 0.168. The first kappa shape index (κ1) is 28.9. The van der Waals surface area contributed by atoms with Crippen molar-refractivity contribution in [3.8, 4) is 5.75 Å². The van der Waals surface area contributed by atoms with Gasteiger partial charge in [-0.1, -0.05) is 24.4 Å². The number of aromatic nitrogens is 2. The van der Waals surface area contributed by atoms with Crippen molar-refractivity contribution < 1.29 is 22.3 Å². The monoisotopic (exact) mass is 572 g/mol. The number of methoxy groups -OCH3 is 1. The molecular weight excluding hydrogens is 538 g/mol. The van der Waals surface area contributed by atoms with E-state index >= 15 is 0 Å². The van der Waals surface area contributed by atoms with Gasteiger partial charge in [-0.3, -0.25) is 9.45 Å². The predicted molar refractivity (Wildman–Crippen MR) is 146 cm³/mol. The third kappa shape index (κ3) is 7.29. The summed E-state index contributed by atoms with van der Waals surface area (Å²) in [6, 6.07) is 3.28. The van der Waals surface area contributed by atoms with E-state index in [0.717, 1.165) is 36.8 Å². The number of nitrogens with zero attached hydrogens (tertiary/aromatic N) is 3. The number of hydrogen-bond acceptors (Lipinski definition) is 7. The Kier molecular flexibility index (Phi) is 10.5. The summed E-state index contributed by atoms with van der Waals surface area (Å²) >= 11 is 4.37. The first-order valence-electron chi connectivity index (χ1n) is 12.9. The molecule has 4 N–H and O–H groups in total. The van der Waals surface area contributed by atoms with Crippen LogP contribution in [0.1, 0.15) is 36.8 Å². The van der Waals surface area contributed by atoms with Gasteiger partial charge in [-0.15, -0.1) is 0 Å². The molecule has 0 spiro atoms. The van der Waals surface area contributed by atoms with E-state index in [4.69, 9.17) is 20.9 Å². The van der Waals surface area contributed by atoms with E-state index in [1.54, 1.807) is 7.11 Å². The van der Waals surface area contributed by atoms with Crippen LogP contribution in [0.15, 0.2) is 18.3 Å². The second-order valence-corrected chi connectivity index (χ2v) is 10.9. The largest absolute Gasteiger partial charge is 0.495 e. The van der Waals surface area contributed by atoms with Crippen LogP contribution < -0.4 is 20.1 Å². The molecule has 0 radical (unpaired) electrons. The molecule has 4 rings (SSSR count). The molecule has 0 bridgehead atoms. The quantitative estimate of drug-likeness (QED) is 0.295. The minimum Gasteiger partial charge on any atom is -0.495 e. The first-order chi connectivity index (χ1) is 18.4. The van der Waals surface area contributed by atoms with E-state index in [2.05, 4.69) is 25.3 Å². The van der Waals surface area contributed by atoms with Crippen LogP contribution in [0.2, 0.25) is 5.02 Å². The van der Waals surface area contributed by atoms with Crippen molar-refractivity contribution in [3.63, 3.8) is 0 Å². The van der Waals surface area contributed by atoms with Crippen molar-refractivity contribution in [1.29, 1.82) is 0 Å². The van der Waals surface area contributed by atoms with Crippen LogP contribution in [0, 0.1) is 5.92 Å². The van der Waals surface area contributed by atoms with Crippen molar-refractivity contribution in [3.05, 3.63) is 34.5 Å². The third-order valence-corrected chi connectivity index (χ3v) is 8.11. The molecule has 1 saturated carbocycles. The highest BCUT2D eigenvalue weighted by atomic mass is 35.5. The number of anilines is 3. The molecule has 0 saturated heterocycles. The zero-order valence-electron chi connectivity index (χ0n) is 21.4. The number of halogens is 3. The molecule has 1 aliphatic carbocycles. The van der Waals surface area contributed by atoms with E-state index in [1.807, 2.05) is 17.0 Å². The molecular formula is C25H35ClF2N6O3S. The number of alkyl halides is 2. The highest BCUT2D eigenvalue weighted by Crippen LogP contribution is 2.34. The van der Waals surface area contributed by atoms with Gasteiger partial charge in [-0.05, 0) is 54.9 Å². The maximum absolute atomic E-state index is 13.3. The number of nitrogens with one attached hydrogen (secondary N) is 3. The zero-order valence-corrected chi connectivity index (χ0v) is 23.0. The van der Waals surface area contributed by atoms with E-state index in [9.17, 15) is 13.0 Å². The van der Waals surface area contributed by atoms with Crippen LogP contribution in [0.4, 0.5) is 26.2 Å². The lowest BCUT2D eigenvalue weighted by Gasteiger charge is -2.32. The normalized spacial score (nSPS) is 21.0. The maximum Gasteiger partial charge on any atom is 0.231 e. The van der Waals surface area contributed by atoms with Gasteiger partial charge in [0.15, 0.2) is 5.82 Å².